The van der Waals surface area contributed by atoms with Gasteiger partial charge in [-0.2, -0.15) is 13.2 Å². The first kappa shape index (κ1) is 16.7. The third-order valence-electron chi connectivity index (χ3n) is 2.82. The molecule has 0 saturated heterocycles. The molecule has 0 fully saturated rings. The van der Waals surface area contributed by atoms with Crippen molar-refractivity contribution in [3.63, 3.8) is 0 Å². The van der Waals surface area contributed by atoms with Gasteiger partial charge in [-0.3, -0.25) is 0 Å². The van der Waals surface area contributed by atoms with Gasteiger partial charge in [0.05, 0.1) is 31.0 Å². The van der Waals surface area contributed by atoms with E-state index in [2.05, 4.69) is 5.32 Å². The fourth-order valence-electron chi connectivity index (χ4n) is 1.77. The number of benzene rings is 1. The second kappa shape index (κ2) is 6.24. The Morgan fingerprint density at radius 1 is 1.14 bits per heavy atom. The van der Waals surface area contributed by atoms with Crippen molar-refractivity contribution < 1.29 is 13.2 Å². The maximum atomic E-state index is 12.7. The van der Waals surface area contributed by atoms with Crippen LogP contribution >= 0.6 is 46.1 Å². The first-order chi connectivity index (χ1) is 9.68. The predicted octanol–water partition coefficient (Wildman–Crippen LogP) is 6.90. The van der Waals surface area contributed by atoms with Crippen LogP contribution in [0.5, 0.6) is 0 Å². The van der Waals surface area contributed by atoms with Crippen molar-refractivity contribution in [2.45, 2.75) is 19.1 Å². The van der Waals surface area contributed by atoms with Crippen molar-refractivity contribution in [1.29, 1.82) is 0 Å². The van der Waals surface area contributed by atoms with Crippen molar-refractivity contribution in [2.24, 2.45) is 0 Å². The van der Waals surface area contributed by atoms with Crippen LogP contribution in [0.15, 0.2) is 24.3 Å². The molecule has 1 aromatic carbocycles. The smallest absolute Gasteiger partial charge is 0.377 e. The molecule has 1 nitrogen and oxygen atoms in total. The highest BCUT2D eigenvalue weighted by Gasteiger charge is 2.31. The lowest BCUT2D eigenvalue weighted by Gasteiger charge is -2.17. The van der Waals surface area contributed by atoms with E-state index >= 15 is 0 Å². The van der Waals surface area contributed by atoms with Crippen LogP contribution in [0.2, 0.25) is 13.7 Å². The number of alkyl halides is 3. The summed E-state index contributed by atoms with van der Waals surface area (Å²) < 4.78 is 39.2. The van der Waals surface area contributed by atoms with Crippen LogP contribution in [-0.4, -0.2) is 0 Å². The summed E-state index contributed by atoms with van der Waals surface area (Å²) in [5.41, 5.74) is 0.133. The molecular weight excluding hydrogens is 366 g/mol. The van der Waals surface area contributed by atoms with Gasteiger partial charge in [0.15, 0.2) is 0 Å². The predicted molar refractivity (Wildman–Crippen MR) is 82.8 cm³/mol. The molecule has 2 rings (SSSR count). The van der Waals surface area contributed by atoms with Gasteiger partial charge in [-0.25, -0.2) is 0 Å². The molecule has 0 amide bonds. The van der Waals surface area contributed by atoms with E-state index in [-0.39, 0.29) is 16.8 Å². The van der Waals surface area contributed by atoms with Crippen molar-refractivity contribution in [1.82, 2.24) is 0 Å². The SMILES string of the molecule is CC(Nc1cc(C(F)(F)F)ccc1Cl)c1cc(Cl)sc1Cl. The molecule has 1 N–H and O–H groups in total. The third-order valence-corrected chi connectivity index (χ3v) is 4.66. The second-order valence-electron chi connectivity index (χ2n) is 4.34. The molecule has 0 bridgehead atoms. The monoisotopic (exact) mass is 373 g/mol. The number of hydrogen-bond donors (Lipinski definition) is 1. The highest BCUT2D eigenvalue weighted by molar-refractivity contribution is 7.20. The summed E-state index contributed by atoms with van der Waals surface area (Å²) in [6, 6.07) is 4.46. The summed E-state index contributed by atoms with van der Waals surface area (Å²) in [6.07, 6.45) is -4.42. The minimum absolute atomic E-state index is 0.192. The normalized spacial score (nSPS) is 13.3. The molecule has 1 atom stereocenters. The molecule has 114 valence electrons. The fourth-order valence-corrected chi connectivity index (χ4v) is 3.59. The average Bonchev–Trinajstić information content (AvgIpc) is 2.70. The Balaban J connectivity index is 2.28. The number of thiophene rings is 1. The quantitative estimate of drug-likeness (QED) is 0.616. The van der Waals surface area contributed by atoms with Gasteiger partial charge < -0.3 is 5.32 Å². The van der Waals surface area contributed by atoms with Gasteiger partial charge in [0.2, 0.25) is 0 Å². The Kier molecular flexibility index (Phi) is 4.98. The average molecular weight is 375 g/mol. The van der Waals surface area contributed by atoms with Gasteiger partial charge in [-0.1, -0.05) is 34.8 Å². The summed E-state index contributed by atoms with van der Waals surface area (Å²) in [7, 11) is 0. The van der Waals surface area contributed by atoms with Crippen LogP contribution in [0.1, 0.15) is 24.1 Å². The molecule has 0 aliphatic heterocycles. The minimum Gasteiger partial charge on any atom is -0.377 e. The molecule has 0 aliphatic carbocycles. The highest BCUT2D eigenvalue weighted by Crippen LogP contribution is 2.38. The van der Waals surface area contributed by atoms with E-state index in [0.717, 1.165) is 12.1 Å². The highest BCUT2D eigenvalue weighted by atomic mass is 35.5. The van der Waals surface area contributed by atoms with E-state index in [0.29, 0.717) is 14.2 Å². The van der Waals surface area contributed by atoms with Gasteiger partial charge >= 0.3 is 6.18 Å². The van der Waals surface area contributed by atoms with Crippen LogP contribution in [0, 0.1) is 0 Å². The summed E-state index contributed by atoms with van der Waals surface area (Å²) in [5, 5.41) is 3.13. The van der Waals surface area contributed by atoms with Gasteiger partial charge in [-0.05, 0) is 31.2 Å². The lowest BCUT2D eigenvalue weighted by atomic mass is 10.1. The maximum absolute atomic E-state index is 12.7. The standard InChI is InChI=1S/C13H9Cl3F3NS/c1-6(8-5-11(15)21-12(8)16)20-10-4-7(13(17,18)19)2-3-9(10)14/h2-6,20H,1H3. The molecule has 1 unspecified atom stereocenters. The lowest BCUT2D eigenvalue weighted by Crippen LogP contribution is -2.09. The second-order valence-corrected chi connectivity index (χ2v) is 7.03. The van der Waals surface area contributed by atoms with Crippen LogP contribution in [0.3, 0.4) is 0 Å². The number of rotatable bonds is 3. The fraction of sp³-hybridized carbons (Fsp3) is 0.231. The molecule has 0 aliphatic rings. The molecular formula is C13H9Cl3F3NS. The zero-order valence-corrected chi connectivity index (χ0v) is 13.6. The largest absolute Gasteiger partial charge is 0.416 e. The van der Waals surface area contributed by atoms with Gasteiger partial charge in [0.1, 0.15) is 0 Å². The Labute approximate surface area is 138 Å². The Hall–Kier alpha value is -0.620. The van der Waals surface area contributed by atoms with E-state index in [1.807, 2.05) is 0 Å². The topological polar surface area (TPSA) is 12.0 Å². The molecule has 0 saturated carbocycles. The Bertz CT molecular complexity index is 655. The van der Waals surface area contributed by atoms with E-state index in [4.69, 9.17) is 34.8 Å². The Morgan fingerprint density at radius 2 is 1.81 bits per heavy atom. The molecule has 1 heterocycles. The first-order valence-corrected chi connectivity index (χ1v) is 7.71. The van der Waals surface area contributed by atoms with E-state index in [9.17, 15) is 13.2 Å². The van der Waals surface area contributed by atoms with E-state index in [1.165, 1.54) is 17.4 Å². The van der Waals surface area contributed by atoms with Gasteiger partial charge in [0.25, 0.3) is 0 Å². The molecule has 1 aromatic heterocycles. The Morgan fingerprint density at radius 3 is 2.33 bits per heavy atom. The minimum atomic E-state index is -4.42. The molecule has 21 heavy (non-hydrogen) atoms. The lowest BCUT2D eigenvalue weighted by molar-refractivity contribution is -0.137. The maximum Gasteiger partial charge on any atom is 0.416 e. The van der Waals surface area contributed by atoms with Crippen LogP contribution in [0.25, 0.3) is 0 Å². The first-order valence-electron chi connectivity index (χ1n) is 5.76. The molecule has 8 heteroatoms. The summed E-state index contributed by atoms with van der Waals surface area (Å²) in [5.74, 6) is 0. The van der Waals surface area contributed by atoms with Crippen LogP contribution < -0.4 is 5.32 Å². The zero-order valence-electron chi connectivity index (χ0n) is 10.6. The third kappa shape index (κ3) is 3.97. The van der Waals surface area contributed by atoms with E-state index in [1.54, 1.807) is 13.0 Å². The summed E-state index contributed by atoms with van der Waals surface area (Å²) in [6.45, 7) is 1.76. The van der Waals surface area contributed by atoms with Gasteiger partial charge in [-0.15, -0.1) is 11.3 Å². The van der Waals surface area contributed by atoms with Crippen LogP contribution in [0.4, 0.5) is 18.9 Å². The van der Waals surface area contributed by atoms with Crippen molar-refractivity contribution in [3.8, 4) is 0 Å². The number of hydrogen-bond acceptors (Lipinski definition) is 2. The summed E-state index contributed by atoms with van der Waals surface area (Å²) >= 11 is 19.0. The molecule has 0 radical (unpaired) electrons. The number of anilines is 1. The van der Waals surface area contributed by atoms with Gasteiger partial charge in [0, 0.05) is 5.56 Å². The van der Waals surface area contributed by atoms with Crippen molar-refractivity contribution >= 4 is 51.8 Å². The van der Waals surface area contributed by atoms with Crippen molar-refractivity contribution in [3.05, 3.63) is 49.1 Å². The number of nitrogens with one attached hydrogen (secondary N) is 1. The summed E-state index contributed by atoms with van der Waals surface area (Å²) in [4.78, 5) is 0. The van der Waals surface area contributed by atoms with E-state index < -0.39 is 11.7 Å². The van der Waals surface area contributed by atoms with Crippen LogP contribution in [-0.2, 0) is 6.18 Å². The van der Waals surface area contributed by atoms with Crippen molar-refractivity contribution in [2.75, 3.05) is 5.32 Å². The number of halogens is 6. The molecule has 2 aromatic rings. The zero-order chi connectivity index (χ0) is 15.8. The molecule has 0 spiro atoms.